The second-order valence-corrected chi connectivity index (χ2v) is 7.91. The number of hydrogen-bond acceptors (Lipinski definition) is 5. The van der Waals surface area contributed by atoms with E-state index in [4.69, 9.17) is 4.74 Å². The fraction of sp³-hybridized carbons (Fsp3) is 0.120. The fourth-order valence-corrected chi connectivity index (χ4v) is 3.81. The Kier molecular flexibility index (Phi) is 5.94. The molecule has 0 aliphatic rings. The number of amides is 2. The third-order valence-electron chi connectivity index (χ3n) is 5.46. The summed E-state index contributed by atoms with van der Waals surface area (Å²) < 4.78 is 19.8. The summed E-state index contributed by atoms with van der Waals surface area (Å²) in [5.41, 5.74) is 4.28. The lowest BCUT2D eigenvalue weighted by Gasteiger charge is -2.06. The molecule has 0 fully saturated rings. The number of aromatic nitrogens is 4. The number of carbonyl (C=O) groups is 2. The number of H-pyrrole nitrogens is 1. The van der Waals surface area contributed by atoms with Crippen molar-refractivity contribution in [3.05, 3.63) is 83.9 Å². The van der Waals surface area contributed by atoms with E-state index in [0.29, 0.717) is 16.8 Å². The van der Waals surface area contributed by atoms with Crippen molar-refractivity contribution in [1.29, 1.82) is 0 Å². The van der Waals surface area contributed by atoms with Gasteiger partial charge in [-0.2, -0.15) is 4.98 Å². The molecule has 0 spiro atoms. The Hall–Kier alpha value is -4.57. The van der Waals surface area contributed by atoms with Gasteiger partial charge in [0.05, 0.1) is 5.56 Å². The molecule has 3 aromatic heterocycles. The molecule has 35 heavy (non-hydrogen) atoms. The van der Waals surface area contributed by atoms with Gasteiger partial charge in [0.25, 0.3) is 11.8 Å². The van der Waals surface area contributed by atoms with E-state index in [0.717, 1.165) is 22.0 Å². The second-order valence-electron chi connectivity index (χ2n) is 7.91. The number of anilines is 1. The molecule has 5 rings (SSSR count). The number of pyridine rings is 1. The maximum atomic E-state index is 13.4. The Morgan fingerprint density at radius 2 is 1.97 bits per heavy atom. The van der Waals surface area contributed by atoms with Crippen molar-refractivity contribution >= 4 is 34.3 Å². The SMILES string of the molecule is COCC(=O)Nc1nc2ccc(-c3ccc4[nH]cc(C(=O)NCc5cccc(F)c5)c4c3)cn2n1. The summed E-state index contributed by atoms with van der Waals surface area (Å²) in [6.07, 6.45) is 3.46. The highest BCUT2D eigenvalue weighted by molar-refractivity contribution is 6.07. The standard InChI is InChI=1S/C25H21FN6O3/c1-35-14-23(33)30-25-29-22-8-6-17(13-32(22)31-25)16-5-7-21-19(10-16)20(12-27-21)24(34)28-11-15-3-2-4-18(26)9-15/h2-10,12-13,27H,11,14H2,1H3,(H,28,34)(H,30,31,33). The molecular formula is C25H21FN6O3. The zero-order chi connectivity index (χ0) is 24.4. The lowest BCUT2D eigenvalue weighted by Crippen LogP contribution is -2.22. The van der Waals surface area contributed by atoms with Gasteiger partial charge in [-0.05, 0) is 47.5 Å². The molecule has 0 unspecified atom stereocenters. The molecule has 0 atom stereocenters. The van der Waals surface area contributed by atoms with Gasteiger partial charge in [0, 0.05) is 42.5 Å². The van der Waals surface area contributed by atoms with Crippen LogP contribution in [-0.2, 0) is 16.1 Å². The third-order valence-corrected chi connectivity index (χ3v) is 5.46. The molecule has 176 valence electrons. The molecule has 5 aromatic rings. The molecule has 2 amide bonds. The monoisotopic (exact) mass is 472 g/mol. The maximum absolute atomic E-state index is 13.4. The van der Waals surface area contributed by atoms with Gasteiger partial charge in [-0.1, -0.05) is 18.2 Å². The van der Waals surface area contributed by atoms with E-state index in [2.05, 4.69) is 25.7 Å². The molecule has 0 saturated carbocycles. The number of nitrogens with zero attached hydrogens (tertiary/aromatic N) is 3. The van der Waals surface area contributed by atoms with Gasteiger partial charge in [-0.15, -0.1) is 5.10 Å². The average Bonchev–Trinajstić information content (AvgIpc) is 3.45. The molecule has 10 heteroatoms. The topological polar surface area (TPSA) is 113 Å². The number of halogens is 1. The number of carbonyl (C=O) groups excluding carboxylic acids is 2. The molecule has 0 radical (unpaired) electrons. The first-order valence-electron chi connectivity index (χ1n) is 10.8. The number of hydrogen-bond donors (Lipinski definition) is 3. The number of fused-ring (bicyclic) bond motifs is 2. The van der Waals surface area contributed by atoms with Crippen molar-refractivity contribution in [3.63, 3.8) is 0 Å². The van der Waals surface area contributed by atoms with E-state index in [9.17, 15) is 14.0 Å². The Morgan fingerprint density at radius 3 is 2.80 bits per heavy atom. The molecule has 0 aliphatic carbocycles. The average molecular weight is 472 g/mol. The minimum Gasteiger partial charge on any atom is -0.375 e. The van der Waals surface area contributed by atoms with E-state index in [1.54, 1.807) is 35.1 Å². The molecule has 9 nitrogen and oxygen atoms in total. The quantitative estimate of drug-likeness (QED) is 0.335. The summed E-state index contributed by atoms with van der Waals surface area (Å²) >= 11 is 0. The van der Waals surface area contributed by atoms with Crippen molar-refractivity contribution in [1.82, 2.24) is 24.9 Å². The van der Waals surface area contributed by atoms with Crippen LogP contribution in [0, 0.1) is 5.82 Å². The lowest BCUT2D eigenvalue weighted by molar-refractivity contribution is -0.119. The summed E-state index contributed by atoms with van der Waals surface area (Å²) in [5, 5.41) is 10.5. The first-order chi connectivity index (χ1) is 17.0. The third kappa shape index (κ3) is 4.73. The van der Waals surface area contributed by atoms with Gasteiger partial charge < -0.3 is 15.0 Å². The number of ether oxygens (including phenoxy) is 1. The van der Waals surface area contributed by atoms with Crippen molar-refractivity contribution in [3.8, 4) is 11.1 Å². The summed E-state index contributed by atoms with van der Waals surface area (Å²) in [7, 11) is 1.43. The Bertz CT molecular complexity index is 1560. The number of nitrogens with one attached hydrogen (secondary N) is 3. The molecule has 3 N–H and O–H groups in total. The van der Waals surface area contributed by atoms with E-state index >= 15 is 0 Å². The molecule has 0 aliphatic heterocycles. The van der Waals surface area contributed by atoms with Gasteiger partial charge in [-0.3, -0.25) is 14.9 Å². The fourth-order valence-electron chi connectivity index (χ4n) is 3.81. The first kappa shape index (κ1) is 22.2. The number of rotatable bonds is 7. The Labute approximate surface area is 198 Å². The van der Waals surface area contributed by atoms with E-state index in [1.807, 2.05) is 24.3 Å². The van der Waals surface area contributed by atoms with Gasteiger partial charge in [0.2, 0.25) is 5.95 Å². The highest BCUT2D eigenvalue weighted by atomic mass is 19.1. The molecule has 0 bridgehead atoms. The van der Waals surface area contributed by atoms with Crippen molar-refractivity contribution < 1.29 is 18.7 Å². The van der Waals surface area contributed by atoms with Crippen LogP contribution in [0.3, 0.4) is 0 Å². The highest BCUT2D eigenvalue weighted by Gasteiger charge is 2.14. The zero-order valence-electron chi connectivity index (χ0n) is 18.7. The predicted molar refractivity (Wildman–Crippen MR) is 128 cm³/mol. The Morgan fingerprint density at radius 1 is 1.11 bits per heavy atom. The van der Waals surface area contributed by atoms with Crippen LogP contribution < -0.4 is 10.6 Å². The van der Waals surface area contributed by atoms with Crippen LogP contribution in [0.5, 0.6) is 0 Å². The second kappa shape index (κ2) is 9.35. The summed E-state index contributed by atoms with van der Waals surface area (Å²) in [6.45, 7) is 0.130. The minimum atomic E-state index is -0.345. The maximum Gasteiger partial charge on any atom is 0.253 e. The summed E-state index contributed by atoms with van der Waals surface area (Å²) in [5.74, 6) is -0.768. The van der Waals surface area contributed by atoms with Crippen LogP contribution in [0.2, 0.25) is 0 Å². The van der Waals surface area contributed by atoms with Gasteiger partial charge >= 0.3 is 0 Å². The van der Waals surface area contributed by atoms with Crippen molar-refractivity contribution in [2.24, 2.45) is 0 Å². The van der Waals surface area contributed by atoms with Crippen molar-refractivity contribution in [2.45, 2.75) is 6.54 Å². The summed E-state index contributed by atoms with van der Waals surface area (Å²) in [6, 6.07) is 15.6. The van der Waals surface area contributed by atoms with E-state index in [1.165, 1.54) is 19.2 Å². The van der Waals surface area contributed by atoms with E-state index in [-0.39, 0.29) is 36.7 Å². The highest BCUT2D eigenvalue weighted by Crippen LogP contribution is 2.27. The zero-order valence-corrected chi connectivity index (χ0v) is 18.7. The van der Waals surface area contributed by atoms with Gasteiger partial charge in [0.1, 0.15) is 12.4 Å². The van der Waals surface area contributed by atoms with Gasteiger partial charge in [0.15, 0.2) is 5.65 Å². The smallest absolute Gasteiger partial charge is 0.253 e. The molecular weight excluding hydrogens is 451 g/mol. The van der Waals surface area contributed by atoms with Gasteiger partial charge in [-0.25, -0.2) is 8.91 Å². The van der Waals surface area contributed by atoms with Crippen LogP contribution in [0.1, 0.15) is 15.9 Å². The Balaban J connectivity index is 1.39. The van der Waals surface area contributed by atoms with Crippen LogP contribution >= 0.6 is 0 Å². The van der Waals surface area contributed by atoms with Crippen molar-refractivity contribution in [2.75, 3.05) is 19.0 Å². The molecule has 0 saturated heterocycles. The predicted octanol–water partition coefficient (Wildman–Crippen LogP) is 3.53. The minimum absolute atomic E-state index is 0.0877. The number of methoxy groups -OCH3 is 1. The number of aromatic amines is 1. The molecule has 2 aromatic carbocycles. The largest absolute Gasteiger partial charge is 0.375 e. The lowest BCUT2D eigenvalue weighted by atomic mass is 10.0. The number of benzene rings is 2. The normalized spacial score (nSPS) is 11.1. The molecule has 3 heterocycles. The van der Waals surface area contributed by atoms with Crippen LogP contribution in [-0.4, -0.2) is 45.1 Å². The first-order valence-corrected chi connectivity index (χ1v) is 10.8. The van der Waals surface area contributed by atoms with Crippen LogP contribution in [0.25, 0.3) is 27.7 Å². The summed E-state index contributed by atoms with van der Waals surface area (Å²) in [4.78, 5) is 32.0. The van der Waals surface area contributed by atoms with Crippen LogP contribution in [0.4, 0.5) is 10.3 Å². The van der Waals surface area contributed by atoms with E-state index < -0.39 is 0 Å². The van der Waals surface area contributed by atoms with Crippen LogP contribution in [0.15, 0.2) is 67.0 Å².